The summed E-state index contributed by atoms with van der Waals surface area (Å²) in [6, 6.07) is 18.2. The summed E-state index contributed by atoms with van der Waals surface area (Å²) < 4.78 is 6.84. The number of rotatable bonds is 8. The van der Waals surface area contributed by atoms with Crippen molar-refractivity contribution >= 4 is 51.5 Å². The lowest BCUT2D eigenvalue weighted by atomic mass is 10.2. The number of nitrogens with zero attached hydrogens (tertiary/aromatic N) is 3. The Balaban J connectivity index is 0.00000272. The van der Waals surface area contributed by atoms with Crippen LogP contribution in [-0.2, 0) is 13.0 Å². The maximum Gasteiger partial charge on any atom is 0.226 e. The quantitative estimate of drug-likeness (QED) is 0.136. The smallest absolute Gasteiger partial charge is 0.226 e. The van der Waals surface area contributed by atoms with E-state index in [1.165, 1.54) is 9.71 Å². The van der Waals surface area contributed by atoms with Crippen molar-refractivity contribution in [1.29, 1.82) is 0 Å². The molecule has 2 N–H and O–H groups in total. The minimum Gasteiger partial charge on any atom is -0.444 e. The van der Waals surface area contributed by atoms with Gasteiger partial charge in [0.1, 0.15) is 12.0 Å². The fourth-order valence-electron chi connectivity index (χ4n) is 3.07. The molecule has 4 rings (SSSR count). The number of guanidine groups is 1. The molecule has 2 aromatic heterocycles. The Morgan fingerprint density at radius 3 is 2.65 bits per heavy atom. The maximum atomic E-state index is 5.59. The number of para-hydroxylation sites is 1. The van der Waals surface area contributed by atoms with E-state index in [-0.39, 0.29) is 24.0 Å². The molecule has 0 spiro atoms. The second-order valence-electron chi connectivity index (χ2n) is 6.81. The number of oxazole rings is 1. The van der Waals surface area contributed by atoms with Crippen LogP contribution in [0.15, 0.2) is 70.3 Å². The molecule has 0 unspecified atom stereocenters. The highest BCUT2D eigenvalue weighted by Gasteiger charge is 2.07. The van der Waals surface area contributed by atoms with E-state index in [2.05, 4.69) is 45.7 Å². The van der Waals surface area contributed by atoms with Gasteiger partial charge < -0.3 is 15.1 Å². The molecule has 0 atom stereocenters. The standard InChI is InChI=1S/C23H25N5OS.HI/c1-2-24-23(25-14-8-13-21-28-19-11-6-7-12-20(19)30-21)26-15-18-16-29-22(27-18)17-9-4-3-5-10-17;/h3-7,9-12,16H,2,8,13-15H2,1H3,(H2,24,25,26);1H. The summed E-state index contributed by atoms with van der Waals surface area (Å²) in [7, 11) is 0. The average Bonchev–Trinajstić information content (AvgIpc) is 3.42. The van der Waals surface area contributed by atoms with Crippen LogP contribution in [0.4, 0.5) is 0 Å². The van der Waals surface area contributed by atoms with Crippen LogP contribution < -0.4 is 10.6 Å². The molecular weight excluding hydrogens is 521 g/mol. The fourth-order valence-corrected chi connectivity index (χ4v) is 4.08. The lowest BCUT2D eigenvalue weighted by Gasteiger charge is -2.10. The van der Waals surface area contributed by atoms with Crippen LogP contribution in [0.1, 0.15) is 24.0 Å². The normalized spacial score (nSPS) is 11.3. The summed E-state index contributed by atoms with van der Waals surface area (Å²) in [5, 5.41) is 7.85. The molecule has 0 bridgehead atoms. The number of aryl methyl sites for hydroxylation is 1. The van der Waals surface area contributed by atoms with Gasteiger partial charge in [-0.3, -0.25) is 0 Å². The van der Waals surface area contributed by atoms with Crippen molar-refractivity contribution in [3.63, 3.8) is 0 Å². The van der Waals surface area contributed by atoms with Gasteiger partial charge in [0.25, 0.3) is 0 Å². The number of hydrogen-bond donors (Lipinski definition) is 2. The third-order valence-corrected chi connectivity index (χ3v) is 5.61. The summed E-state index contributed by atoms with van der Waals surface area (Å²) >= 11 is 1.77. The Morgan fingerprint density at radius 1 is 1.03 bits per heavy atom. The first-order chi connectivity index (χ1) is 14.8. The fraction of sp³-hybridized carbons (Fsp3) is 0.261. The molecule has 0 aliphatic heterocycles. The number of nitrogens with one attached hydrogen (secondary N) is 2. The minimum atomic E-state index is 0. The zero-order valence-corrected chi connectivity index (χ0v) is 20.5. The van der Waals surface area contributed by atoms with E-state index < -0.39 is 0 Å². The summed E-state index contributed by atoms with van der Waals surface area (Å²) in [6.07, 6.45) is 3.62. The Hall–Kier alpha value is -2.46. The number of aliphatic imine (C=N–C) groups is 1. The molecule has 0 aliphatic carbocycles. The Morgan fingerprint density at radius 2 is 1.84 bits per heavy atom. The molecule has 0 saturated heterocycles. The monoisotopic (exact) mass is 547 g/mol. The predicted octanol–water partition coefficient (Wildman–Crippen LogP) is 5.26. The van der Waals surface area contributed by atoms with Crippen LogP contribution in [0, 0.1) is 0 Å². The van der Waals surface area contributed by atoms with E-state index in [4.69, 9.17) is 9.40 Å². The first kappa shape index (κ1) is 23.2. The van der Waals surface area contributed by atoms with Gasteiger partial charge in [-0.2, -0.15) is 0 Å². The molecular formula is C23H26IN5OS. The molecule has 0 fully saturated rings. The summed E-state index contributed by atoms with van der Waals surface area (Å²) in [5.41, 5.74) is 2.86. The summed E-state index contributed by atoms with van der Waals surface area (Å²) in [5.74, 6) is 1.40. The third-order valence-electron chi connectivity index (χ3n) is 4.51. The SMILES string of the molecule is CCNC(=NCc1coc(-c2ccccc2)n1)NCCCc1nc2ccccc2s1.I. The zero-order chi connectivity index (χ0) is 20.6. The molecule has 31 heavy (non-hydrogen) atoms. The van der Waals surface area contributed by atoms with Crippen LogP contribution in [0.3, 0.4) is 0 Å². The molecule has 0 amide bonds. The van der Waals surface area contributed by atoms with E-state index >= 15 is 0 Å². The van der Waals surface area contributed by atoms with Gasteiger partial charge in [0, 0.05) is 25.1 Å². The summed E-state index contributed by atoms with van der Waals surface area (Å²) in [4.78, 5) is 13.9. The van der Waals surface area contributed by atoms with Gasteiger partial charge in [0.15, 0.2) is 5.96 Å². The van der Waals surface area contributed by atoms with Gasteiger partial charge in [-0.1, -0.05) is 30.3 Å². The molecule has 162 valence electrons. The number of aromatic nitrogens is 2. The second kappa shape index (κ2) is 11.8. The van der Waals surface area contributed by atoms with Gasteiger partial charge in [-0.25, -0.2) is 15.0 Å². The van der Waals surface area contributed by atoms with Gasteiger partial charge >= 0.3 is 0 Å². The van der Waals surface area contributed by atoms with Crippen LogP contribution >= 0.6 is 35.3 Å². The number of benzene rings is 2. The first-order valence-corrected chi connectivity index (χ1v) is 11.0. The number of hydrogen-bond acceptors (Lipinski definition) is 5. The number of thiazole rings is 1. The van der Waals surface area contributed by atoms with Crippen molar-refractivity contribution in [2.45, 2.75) is 26.3 Å². The molecule has 0 saturated carbocycles. The predicted molar refractivity (Wildman–Crippen MR) is 138 cm³/mol. The van der Waals surface area contributed by atoms with E-state index in [9.17, 15) is 0 Å². The molecule has 0 radical (unpaired) electrons. The van der Waals surface area contributed by atoms with Crippen molar-refractivity contribution in [1.82, 2.24) is 20.6 Å². The van der Waals surface area contributed by atoms with E-state index in [1.54, 1.807) is 17.6 Å². The van der Waals surface area contributed by atoms with E-state index in [0.717, 1.165) is 48.7 Å². The molecule has 4 aromatic rings. The van der Waals surface area contributed by atoms with Gasteiger partial charge in [-0.15, -0.1) is 35.3 Å². The highest BCUT2D eigenvalue weighted by molar-refractivity contribution is 14.0. The van der Waals surface area contributed by atoms with Crippen LogP contribution in [0.25, 0.3) is 21.7 Å². The minimum absolute atomic E-state index is 0. The Bertz CT molecular complexity index is 1080. The molecule has 2 heterocycles. The maximum absolute atomic E-state index is 5.59. The number of halogens is 1. The third kappa shape index (κ3) is 6.51. The number of fused-ring (bicyclic) bond motifs is 1. The topological polar surface area (TPSA) is 75.3 Å². The molecule has 8 heteroatoms. The summed E-state index contributed by atoms with van der Waals surface area (Å²) in [6.45, 7) is 4.15. The second-order valence-corrected chi connectivity index (χ2v) is 7.93. The molecule has 6 nitrogen and oxygen atoms in total. The van der Waals surface area contributed by atoms with Crippen molar-refractivity contribution < 1.29 is 4.42 Å². The Labute approximate surface area is 203 Å². The van der Waals surface area contributed by atoms with Gasteiger partial charge in [0.05, 0.1) is 21.8 Å². The van der Waals surface area contributed by atoms with Crippen molar-refractivity contribution in [2.75, 3.05) is 13.1 Å². The highest BCUT2D eigenvalue weighted by Crippen LogP contribution is 2.22. The van der Waals surface area contributed by atoms with Gasteiger partial charge in [0.2, 0.25) is 5.89 Å². The average molecular weight is 547 g/mol. The van der Waals surface area contributed by atoms with Crippen molar-refractivity contribution in [2.24, 2.45) is 4.99 Å². The zero-order valence-electron chi connectivity index (χ0n) is 17.4. The van der Waals surface area contributed by atoms with E-state index in [1.807, 2.05) is 36.4 Å². The van der Waals surface area contributed by atoms with Crippen molar-refractivity contribution in [3.05, 3.63) is 71.6 Å². The Kier molecular flexibility index (Phi) is 8.84. The van der Waals surface area contributed by atoms with Crippen LogP contribution in [-0.4, -0.2) is 29.0 Å². The molecule has 0 aliphatic rings. The first-order valence-electron chi connectivity index (χ1n) is 10.2. The van der Waals surface area contributed by atoms with Gasteiger partial charge in [-0.05, 0) is 37.6 Å². The van der Waals surface area contributed by atoms with Crippen LogP contribution in [0.2, 0.25) is 0 Å². The highest BCUT2D eigenvalue weighted by atomic mass is 127. The largest absolute Gasteiger partial charge is 0.444 e. The van der Waals surface area contributed by atoms with Crippen molar-refractivity contribution in [3.8, 4) is 11.5 Å². The lowest BCUT2D eigenvalue weighted by molar-refractivity contribution is 0.572. The lowest BCUT2D eigenvalue weighted by Crippen LogP contribution is -2.37. The van der Waals surface area contributed by atoms with E-state index in [0.29, 0.717) is 12.4 Å². The van der Waals surface area contributed by atoms with Crippen LogP contribution in [0.5, 0.6) is 0 Å². The molecule has 2 aromatic carbocycles.